The lowest BCUT2D eigenvalue weighted by molar-refractivity contribution is 0.102. The second kappa shape index (κ2) is 6.74. The summed E-state index contributed by atoms with van der Waals surface area (Å²) in [6.45, 7) is 3.82. The van der Waals surface area contributed by atoms with E-state index in [9.17, 15) is 4.79 Å². The van der Waals surface area contributed by atoms with Crippen molar-refractivity contribution in [3.63, 3.8) is 0 Å². The summed E-state index contributed by atoms with van der Waals surface area (Å²) < 4.78 is 5.52. The van der Waals surface area contributed by atoms with Crippen LogP contribution in [0.25, 0.3) is 0 Å². The maximum Gasteiger partial charge on any atom is 0.275 e. The fraction of sp³-hybridized carbons (Fsp3) is 0.214. The van der Waals surface area contributed by atoms with E-state index in [2.05, 4.69) is 15.3 Å². The Morgan fingerprint density at radius 3 is 2.57 bits per heavy atom. The summed E-state index contributed by atoms with van der Waals surface area (Å²) in [6.07, 6.45) is 2.63. The first kappa shape index (κ1) is 15.5. The van der Waals surface area contributed by atoms with Gasteiger partial charge in [0, 0.05) is 5.69 Å². The number of nitrogens with one attached hydrogen (secondary N) is 1. The van der Waals surface area contributed by atoms with E-state index in [0.717, 1.165) is 0 Å². The summed E-state index contributed by atoms with van der Waals surface area (Å²) in [5.74, 6) is 0.170. The van der Waals surface area contributed by atoms with Gasteiger partial charge in [-0.3, -0.25) is 4.79 Å². The van der Waals surface area contributed by atoms with Gasteiger partial charge in [-0.25, -0.2) is 9.97 Å². The number of halogens is 2. The molecule has 1 amide bonds. The average molecular weight is 326 g/mol. The van der Waals surface area contributed by atoms with E-state index in [1.807, 2.05) is 13.8 Å². The summed E-state index contributed by atoms with van der Waals surface area (Å²) >= 11 is 11.7. The third-order valence-corrected chi connectivity index (χ3v) is 2.90. The standard InChI is InChI=1S/C14H13Cl2N3O2/c1-8(2)21-12-4-3-9(5-10(12)15)19-14(20)11-6-18-13(16)7-17-11/h3-8H,1-2H3,(H,19,20). The number of rotatable bonds is 4. The Morgan fingerprint density at radius 1 is 1.24 bits per heavy atom. The van der Waals surface area contributed by atoms with Crippen molar-refractivity contribution in [2.24, 2.45) is 0 Å². The Bertz CT molecular complexity index is 645. The number of benzene rings is 1. The predicted octanol–water partition coefficient (Wildman–Crippen LogP) is 3.82. The van der Waals surface area contributed by atoms with Crippen LogP contribution in [0.2, 0.25) is 10.2 Å². The van der Waals surface area contributed by atoms with Crippen LogP contribution in [-0.4, -0.2) is 22.0 Å². The van der Waals surface area contributed by atoms with Gasteiger partial charge in [-0.05, 0) is 32.0 Å². The Balaban J connectivity index is 2.11. The zero-order chi connectivity index (χ0) is 15.4. The van der Waals surface area contributed by atoms with Gasteiger partial charge in [0.2, 0.25) is 0 Å². The van der Waals surface area contributed by atoms with Crippen molar-refractivity contribution in [1.29, 1.82) is 0 Å². The third kappa shape index (κ3) is 4.31. The second-order valence-electron chi connectivity index (χ2n) is 4.49. The number of ether oxygens (including phenoxy) is 1. The van der Waals surface area contributed by atoms with Gasteiger partial charge in [-0.2, -0.15) is 0 Å². The van der Waals surface area contributed by atoms with Crippen LogP contribution in [0.1, 0.15) is 24.3 Å². The molecule has 0 fully saturated rings. The van der Waals surface area contributed by atoms with E-state index in [1.54, 1.807) is 18.2 Å². The highest BCUT2D eigenvalue weighted by molar-refractivity contribution is 6.32. The zero-order valence-electron chi connectivity index (χ0n) is 11.4. The number of aromatic nitrogens is 2. The molecule has 110 valence electrons. The Kier molecular flexibility index (Phi) is 4.98. The number of nitrogens with zero attached hydrogens (tertiary/aromatic N) is 2. The van der Waals surface area contributed by atoms with Crippen LogP contribution >= 0.6 is 23.2 Å². The quantitative estimate of drug-likeness (QED) is 0.927. The largest absolute Gasteiger partial charge is 0.489 e. The Morgan fingerprint density at radius 2 is 2.00 bits per heavy atom. The average Bonchev–Trinajstić information content (AvgIpc) is 2.42. The number of carbonyl (C=O) groups excluding carboxylic acids is 1. The van der Waals surface area contributed by atoms with Crippen LogP contribution in [0.4, 0.5) is 5.69 Å². The number of anilines is 1. The van der Waals surface area contributed by atoms with E-state index in [4.69, 9.17) is 27.9 Å². The number of hydrogen-bond acceptors (Lipinski definition) is 4. The first-order valence-electron chi connectivity index (χ1n) is 6.21. The fourth-order valence-electron chi connectivity index (χ4n) is 1.55. The Labute approximate surface area is 132 Å². The van der Waals surface area contributed by atoms with E-state index < -0.39 is 5.91 Å². The molecule has 0 aliphatic heterocycles. The van der Waals surface area contributed by atoms with Crippen LogP contribution in [0.15, 0.2) is 30.6 Å². The van der Waals surface area contributed by atoms with Gasteiger partial charge in [0.1, 0.15) is 16.6 Å². The van der Waals surface area contributed by atoms with Gasteiger partial charge in [-0.15, -0.1) is 0 Å². The SMILES string of the molecule is CC(C)Oc1ccc(NC(=O)c2cnc(Cl)cn2)cc1Cl. The molecule has 0 spiro atoms. The van der Waals surface area contributed by atoms with Gasteiger partial charge in [0.05, 0.1) is 23.5 Å². The van der Waals surface area contributed by atoms with Crippen molar-refractivity contribution >= 4 is 34.8 Å². The molecule has 5 nitrogen and oxygen atoms in total. The normalized spacial score (nSPS) is 10.5. The number of amides is 1. The monoisotopic (exact) mass is 325 g/mol. The van der Waals surface area contributed by atoms with Crippen molar-refractivity contribution in [2.45, 2.75) is 20.0 Å². The summed E-state index contributed by atoms with van der Waals surface area (Å²) in [5.41, 5.74) is 0.705. The summed E-state index contributed by atoms with van der Waals surface area (Å²) in [7, 11) is 0. The number of carbonyl (C=O) groups is 1. The molecule has 7 heteroatoms. The second-order valence-corrected chi connectivity index (χ2v) is 5.28. The molecule has 1 N–H and O–H groups in total. The Hall–Kier alpha value is -1.85. The smallest absolute Gasteiger partial charge is 0.275 e. The van der Waals surface area contributed by atoms with Crippen LogP contribution < -0.4 is 10.1 Å². The molecule has 0 aliphatic carbocycles. The molecular weight excluding hydrogens is 313 g/mol. The van der Waals surface area contributed by atoms with E-state index >= 15 is 0 Å². The van der Waals surface area contributed by atoms with Crippen LogP contribution in [0, 0.1) is 0 Å². The highest BCUT2D eigenvalue weighted by atomic mass is 35.5. The van der Waals surface area contributed by atoms with Gasteiger partial charge in [0.15, 0.2) is 0 Å². The van der Waals surface area contributed by atoms with E-state index in [1.165, 1.54) is 12.4 Å². The minimum atomic E-state index is -0.396. The first-order chi connectivity index (χ1) is 9.95. The topological polar surface area (TPSA) is 64.1 Å². The molecule has 2 aromatic rings. The molecule has 1 aromatic carbocycles. The van der Waals surface area contributed by atoms with Crippen LogP contribution in [0.3, 0.4) is 0 Å². The first-order valence-corrected chi connectivity index (χ1v) is 6.96. The molecule has 0 atom stereocenters. The molecule has 1 aromatic heterocycles. The predicted molar refractivity (Wildman–Crippen MR) is 82.2 cm³/mol. The van der Waals surface area contributed by atoms with Crippen molar-refractivity contribution in [3.8, 4) is 5.75 Å². The molecule has 2 rings (SSSR count). The van der Waals surface area contributed by atoms with Crippen LogP contribution in [0.5, 0.6) is 5.75 Å². The maximum atomic E-state index is 12.0. The highest BCUT2D eigenvalue weighted by Gasteiger charge is 2.10. The van der Waals surface area contributed by atoms with E-state index in [0.29, 0.717) is 16.5 Å². The molecule has 21 heavy (non-hydrogen) atoms. The molecule has 0 saturated heterocycles. The lowest BCUT2D eigenvalue weighted by Gasteiger charge is -2.12. The molecule has 0 unspecified atom stereocenters. The minimum Gasteiger partial charge on any atom is -0.489 e. The van der Waals surface area contributed by atoms with Gasteiger partial charge >= 0.3 is 0 Å². The van der Waals surface area contributed by atoms with E-state index in [-0.39, 0.29) is 17.0 Å². The minimum absolute atomic E-state index is 0.0206. The molecule has 0 saturated carbocycles. The highest BCUT2D eigenvalue weighted by Crippen LogP contribution is 2.28. The van der Waals surface area contributed by atoms with Crippen molar-refractivity contribution in [2.75, 3.05) is 5.32 Å². The summed E-state index contributed by atoms with van der Waals surface area (Å²) in [5, 5.41) is 3.32. The lowest BCUT2D eigenvalue weighted by Crippen LogP contribution is -2.14. The molecule has 0 radical (unpaired) electrons. The maximum absolute atomic E-state index is 12.0. The fourth-order valence-corrected chi connectivity index (χ4v) is 1.88. The number of hydrogen-bond donors (Lipinski definition) is 1. The van der Waals surface area contributed by atoms with Crippen molar-refractivity contribution in [1.82, 2.24) is 9.97 Å². The summed E-state index contributed by atoms with van der Waals surface area (Å²) in [6, 6.07) is 5.01. The van der Waals surface area contributed by atoms with Gasteiger partial charge < -0.3 is 10.1 Å². The molecular formula is C14H13Cl2N3O2. The van der Waals surface area contributed by atoms with Crippen LogP contribution in [-0.2, 0) is 0 Å². The zero-order valence-corrected chi connectivity index (χ0v) is 12.9. The lowest BCUT2D eigenvalue weighted by atomic mass is 10.3. The van der Waals surface area contributed by atoms with Gasteiger partial charge in [0.25, 0.3) is 5.91 Å². The third-order valence-electron chi connectivity index (χ3n) is 2.41. The molecule has 1 heterocycles. The van der Waals surface area contributed by atoms with Crippen molar-refractivity contribution < 1.29 is 9.53 Å². The molecule has 0 bridgehead atoms. The van der Waals surface area contributed by atoms with Crippen molar-refractivity contribution in [3.05, 3.63) is 46.5 Å². The molecule has 0 aliphatic rings. The van der Waals surface area contributed by atoms with Gasteiger partial charge in [-0.1, -0.05) is 23.2 Å². The summed E-state index contributed by atoms with van der Waals surface area (Å²) in [4.78, 5) is 19.7.